The van der Waals surface area contributed by atoms with Crippen molar-refractivity contribution in [1.82, 2.24) is 0 Å². The molecular formula is C25H36O9. The number of carbonyl (C=O) groups is 2. The van der Waals surface area contributed by atoms with Crippen LogP contribution in [-0.4, -0.2) is 75.3 Å². The molecule has 0 aromatic rings. The van der Waals surface area contributed by atoms with Crippen LogP contribution in [0.5, 0.6) is 0 Å². The highest BCUT2D eigenvalue weighted by Gasteiger charge is 2.83. The molecule has 13 atom stereocenters. The Balaban J connectivity index is 1.69. The molecule has 2 saturated carbocycles. The lowest BCUT2D eigenvalue weighted by Crippen LogP contribution is -2.78. The molecule has 9 heteroatoms. The molecule has 0 radical (unpaired) electrons. The highest BCUT2D eigenvalue weighted by Crippen LogP contribution is 2.74. The SMILES string of the molecule is CC[C@@H](C)C(=O)O[C@H]1C(=O)O[C@@H]2C[C@H]3C(C)=C[C@H](O)[C@@H](O)[C@]3(C)[C@H]3[C@@]4(O)OC[C@]32[C@@H]1[C@@H](C)[C@H]4O. The number of hydrogen-bond donors (Lipinski definition) is 4. The fraction of sp³-hybridized carbons (Fsp3) is 0.840. The topological polar surface area (TPSA) is 143 Å². The lowest BCUT2D eigenvalue weighted by molar-refractivity contribution is -0.345. The molecule has 2 bridgehead atoms. The van der Waals surface area contributed by atoms with Gasteiger partial charge < -0.3 is 34.6 Å². The van der Waals surface area contributed by atoms with Gasteiger partial charge in [0.25, 0.3) is 0 Å². The second-order valence-electron chi connectivity index (χ2n) is 11.5. The minimum atomic E-state index is -2.02. The zero-order chi connectivity index (χ0) is 25.0. The van der Waals surface area contributed by atoms with E-state index in [0.29, 0.717) is 12.8 Å². The van der Waals surface area contributed by atoms with Crippen molar-refractivity contribution in [1.29, 1.82) is 0 Å². The summed E-state index contributed by atoms with van der Waals surface area (Å²) in [4.78, 5) is 26.0. The van der Waals surface area contributed by atoms with Gasteiger partial charge >= 0.3 is 11.9 Å². The summed E-state index contributed by atoms with van der Waals surface area (Å²) in [5.74, 6) is -6.17. The molecule has 34 heavy (non-hydrogen) atoms. The third kappa shape index (κ3) is 2.68. The van der Waals surface area contributed by atoms with Gasteiger partial charge in [0.15, 0.2) is 5.79 Å². The van der Waals surface area contributed by atoms with Crippen LogP contribution in [0.3, 0.4) is 0 Å². The quantitative estimate of drug-likeness (QED) is 0.336. The fourth-order valence-electron chi connectivity index (χ4n) is 8.30. The van der Waals surface area contributed by atoms with Gasteiger partial charge in [-0.2, -0.15) is 0 Å². The maximum Gasteiger partial charge on any atom is 0.348 e. The summed E-state index contributed by atoms with van der Waals surface area (Å²) in [5.41, 5.74) is -1.27. The van der Waals surface area contributed by atoms with E-state index in [9.17, 15) is 30.0 Å². The molecule has 1 spiro atoms. The number of esters is 2. The van der Waals surface area contributed by atoms with E-state index in [0.717, 1.165) is 5.57 Å². The molecule has 5 rings (SSSR count). The van der Waals surface area contributed by atoms with E-state index in [1.165, 1.54) is 0 Å². The number of carbonyl (C=O) groups excluding carboxylic acids is 2. The van der Waals surface area contributed by atoms with Crippen molar-refractivity contribution in [2.24, 2.45) is 40.4 Å². The summed E-state index contributed by atoms with van der Waals surface area (Å²) >= 11 is 0. The van der Waals surface area contributed by atoms with E-state index in [2.05, 4.69) is 0 Å². The van der Waals surface area contributed by atoms with E-state index >= 15 is 0 Å². The van der Waals surface area contributed by atoms with Crippen molar-refractivity contribution in [2.45, 2.75) is 83.8 Å². The number of rotatable bonds is 3. The predicted octanol–water partition coefficient (Wildman–Crippen LogP) is 0.526. The summed E-state index contributed by atoms with van der Waals surface area (Å²) in [6, 6.07) is 0. The first-order valence-corrected chi connectivity index (χ1v) is 12.3. The van der Waals surface area contributed by atoms with Crippen LogP contribution in [0.15, 0.2) is 11.6 Å². The second kappa shape index (κ2) is 7.49. The van der Waals surface area contributed by atoms with Crippen LogP contribution in [0, 0.1) is 40.4 Å². The van der Waals surface area contributed by atoms with E-state index in [-0.39, 0.29) is 12.5 Å². The number of allylic oxidation sites excluding steroid dienone is 1. The number of aliphatic hydroxyl groups excluding tert-OH is 3. The van der Waals surface area contributed by atoms with E-state index < -0.39 is 82.7 Å². The second-order valence-corrected chi connectivity index (χ2v) is 11.5. The average molecular weight is 481 g/mol. The normalized spacial score (nSPS) is 54.3. The van der Waals surface area contributed by atoms with Crippen LogP contribution in [0.25, 0.3) is 0 Å². The van der Waals surface area contributed by atoms with Crippen molar-refractivity contribution in [3.05, 3.63) is 11.6 Å². The first-order valence-electron chi connectivity index (χ1n) is 12.3. The largest absolute Gasteiger partial charge is 0.459 e. The van der Waals surface area contributed by atoms with Crippen LogP contribution in [0.2, 0.25) is 0 Å². The molecule has 9 nitrogen and oxygen atoms in total. The van der Waals surface area contributed by atoms with Gasteiger partial charge in [0, 0.05) is 22.7 Å². The Hall–Kier alpha value is -1.52. The van der Waals surface area contributed by atoms with Gasteiger partial charge in [-0.3, -0.25) is 4.79 Å². The minimum Gasteiger partial charge on any atom is -0.459 e. The Morgan fingerprint density at radius 2 is 1.97 bits per heavy atom. The van der Waals surface area contributed by atoms with Crippen LogP contribution < -0.4 is 0 Å². The summed E-state index contributed by atoms with van der Waals surface area (Å²) in [6.45, 7) is 8.92. The number of hydrogen-bond acceptors (Lipinski definition) is 9. The number of aliphatic hydroxyl groups is 4. The first-order chi connectivity index (χ1) is 15.8. The number of ether oxygens (including phenoxy) is 3. The monoisotopic (exact) mass is 480 g/mol. The Bertz CT molecular complexity index is 933. The molecule has 3 aliphatic carbocycles. The molecule has 2 saturated heterocycles. The third-order valence-electron chi connectivity index (χ3n) is 10.1. The maximum absolute atomic E-state index is 13.2. The van der Waals surface area contributed by atoms with Gasteiger partial charge in [0.1, 0.15) is 12.2 Å². The van der Waals surface area contributed by atoms with Gasteiger partial charge in [0.05, 0.1) is 24.7 Å². The lowest BCUT2D eigenvalue weighted by atomic mass is 9.38. The van der Waals surface area contributed by atoms with Gasteiger partial charge in [-0.25, -0.2) is 4.79 Å². The molecule has 2 heterocycles. The fourth-order valence-corrected chi connectivity index (χ4v) is 8.30. The molecular weight excluding hydrogens is 444 g/mol. The predicted molar refractivity (Wildman–Crippen MR) is 117 cm³/mol. The van der Waals surface area contributed by atoms with Crippen LogP contribution in [0.4, 0.5) is 0 Å². The van der Waals surface area contributed by atoms with E-state index in [4.69, 9.17) is 14.2 Å². The van der Waals surface area contributed by atoms with Crippen LogP contribution in [0.1, 0.15) is 47.5 Å². The molecule has 2 aliphatic heterocycles. The number of fused-ring (bicyclic) bond motifs is 1. The molecule has 0 unspecified atom stereocenters. The Kier molecular flexibility index (Phi) is 5.33. The summed E-state index contributed by atoms with van der Waals surface area (Å²) in [7, 11) is 0. The Morgan fingerprint density at radius 3 is 2.62 bits per heavy atom. The lowest BCUT2D eigenvalue weighted by Gasteiger charge is -2.68. The molecule has 0 aromatic carbocycles. The van der Waals surface area contributed by atoms with Crippen LogP contribution in [-0.2, 0) is 23.8 Å². The molecule has 5 aliphatic rings. The van der Waals surface area contributed by atoms with E-state index in [1.807, 2.05) is 13.8 Å². The molecule has 4 fully saturated rings. The summed E-state index contributed by atoms with van der Waals surface area (Å²) < 4.78 is 17.7. The van der Waals surface area contributed by atoms with Crippen molar-refractivity contribution in [3.63, 3.8) is 0 Å². The van der Waals surface area contributed by atoms with Crippen molar-refractivity contribution in [2.75, 3.05) is 6.61 Å². The van der Waals surface area contributed by atoms with Crippen molar-refractivity contribution < 1.29 is 44.2 Å². The van der Waals surface area contributed by atoms with Gasteiger partial charge in [-0.05, 0) is 31.6 Å². The highest BCUT2D eigenvalue weighted by molar-refractivity contribution is 5.82. The molecule has 190 valence electrons. The Labute approximate surface area is 199 Å². The smallest absolute Gasteiger partial charge is 0.348 e. The first kappa shape index (κ1) is 24.2. The Morgan fingerprint density at radius 1 is 1.29 bits per heavy atom. The van der Waals surface area contributed by atoms with Crippen molar-refractivity contribution in [3.8, 4) is 0 Å². The zero-order valence-electron chi connectivity index (χ0n) is 20.3. The molecule has 0 amide bonds. The average Bonchev–Trinajstić information content (AvgIpc) is 3.08. The summed E-state index contributed by atoms with van der Waals surface area (Å²) in [5, 5.41) is 45.2. The molecule has 4 N–H and O–H groups in total. The van der Waals surface area contributed by atoms with Crippen molar-refractivity contribution >= 4 is 11.9 Å². The van der Waals surface area contributed by atoms with Gasteiger partial charge in [0.2, 0.25) is 6.10 Å². The molecule has 0 aromatic heterocycles. The minimum absolute atomic E-state index is 0.0244. The summed E-state index contributed by atoms with van der Waals surface area (Å²) in [6.07, 6.45) is -3.22. The third-order valence-corrected chi connectivity index (χ3v) is 10.1. The van der Waals surface area contributed by atoms with E-state index in [1.54, 1.807) is 26.8 Å². The maximum atomic E-state index is 13.2. The van der Waals surface area contributed by atoms with Gasteiger partial charge in [-0.15, -0.1) is 0 Å². The highest BCUT2D eigenvalue weighted by atomic mass is 16.7. The van der Waals surface area contributed by atoms with Crippen LogP contribution >= 0.6 is 0 Å². The van der Waals surface area contributed by atoms with Gasteiger partial charge in [-0.1, -0.05) is 39.3 Å². The standard InChI is InChI=1S/C25H36O9/c1-6-10(2)20(29)34-17-16-12(4)18(27)25(31)22-23(5)13(11(3)7-14(26)19(23)28)8-15(33-21(17)30)24(16,22)9-32-25/h7,10,12-19,22,26-28,31H,6,8-9H2,1-5H3/t10-,12-,13+,14+,15-,16-,17-,18-,19-,22-,23-,24+,25+/m1/s1. The zero-order valence-corrected chi connectivity index (χ0v) is 20.3.